The third-order valence-electron chi connectivity index (χ3n) is 10.2. The summed E-state index contributed by atoms with van der Waals surface area (Å²) in [5.74, 6) is -0.981. The van der Waals surface area contributed by atoms with Crippen LogP contribution in [0.1, 0.15) is 29.2 Å². The maximum atomic E-state index is 13.1. The molecule has 8 aromatic rings. The molecule has 396 valence electrons. The minimum absolute atomic E-state index is 0.00841. The van der Waals surface area contributed by atoms with Crippen LogP contribution in [0.15, 0.2) is 101 Å². The van der Waals surface area contributed by atoms with Gasteiger partial charge in [-0.3, -0.25) is 14.5 Å². The Morgan fingerprint density at radius 2 is 1.36 bits per heavy atom. The number of anilines is 3. The molecule has 0 aliphatic heterocycles. The Kier molecular flexibility index (Phi) is 16.1. The normalized spacial score (nSPS) is 11.9. The summed E-state index contributed by atoms with van der Waals surface area (Å²) in [6.45, 7) is 12.3. The zero-order valence-corrected chi connectivity index (χ0v) is 42.4. The molecule has 0 aliphatic rings. The van der Waals surface area contributed by atoms with Crippen molar-refractivity contribution >= 4 is 78.5 Å². The fourth-order valence-corrected chi connectivity index (χ4v) is 8.47. The van der Waals surface area contributed by atoms with Gasteiger partial charge in [0.25, 0.3) is 27.7 Å². The predicted octanol–water partition coefficient (Wildman–Crippen LogP) is 2.86. The number of azo groups is 2. The fraction of sp³-hybridized carbons (Fsp3) is 0.200. The van der Waals surface area contributed by atoms with E-state index in [0.717, 1.165) is 21.4 Å². The first-order valence-electron chi connectivity index (χ1n) is 21.9. The van der Waals surface area contributed by atoms with E-state index in [1.165, 1.54) is 52.9 Å². The van der Waals surface area contributed by atoms with Gasteiger partial charge in [0, 0.05) is 24.5 Å². The number of nitrogen functional groups attached to an aromatic ring is 2. The second kappa shape index (κ2) is 23.0. The van der Waals surface area contributed by atoms with E-state index in [0.29, 0.717) is 34.2 Å². The highest BCUT2D eigenvalue weighted by atomic mass is 32.2. The van der Waals surface area contributed by atoms with Crippen molar-refractivity contribution in [2.75, 3.05) is 42.2 Å². The van der Waals surface area contributed by atoms with E-state index in [1.807, 2.05) is 6.07 Å². The second-order valence-electron chi connectivity index (χ2n) is 15.6. The van der Waals surface area contributed by atoms with Crippen molar-refractivity contribution in [3.63, 3.8) is 0 Å². The Bertz CT molecular complexity index is 4000. The fourth-order valence-electron chi connectivity index (χ4n) is 6.62. The van der Waals surface area contributed by atoms with Crippen LogP contribution in [0.4, 0.5) is 46.3 Å². The van der Waals surface area contributed by atoms with Gasteiger partial charge in [-0.1, -0.05) is 0 Å². The Hall–Kier alpha value is -9.47. The molecule has 77 heavy (non-hydrogen) atoms. The highest BCUT2D eigenvalue weighted by molar-refractivity contribution is 7.94. The van der Waals surface area contributed by atoms with E-state index in [9.17, 15) is 31.7 Å². The molecule has 0 atom stereocenters. The van der Waals surface area contributed by atoms with Crippen molar-refractivity contribution < 1.29 is 30.7 Å². The van der Waals surface area contributed by atoms with Crippen LogP contribution in [0, 0.1) is 38.7 Å². The number of benzene rings is 2. The Morgan fingerprint density at radius 3 is 1.97 bits per heavy atom. The molecule has 8 rings (SSSR count). The maximum absolute atomic E-state index is 13.1. The van der Waals surface area contributed by atoms with Crippen LogP contribution in [0.5, 0.6) is 0 Å². The van der Waals surface area contributed by atoms with Crippen LogP contribution in [0.3, 0.4) is 0 Å². The van der Waals surface area contributed by atoms with Gasteiger partial charge in [-0.05, 0) is 75.7 Å². The van der Waals surface area contributed by atoms with Gasteiger partial charge < -0.3 is 16.8 Å². The molecule has 0 radical (unpaired) electrons. The molecule has 37 heteroatoms. The average Bonchev–Trinajstić information content (AvgIpc) is 4.14. The lowest BCUT2D eigenvalue weighted by atomic mass is 10.3. The number of H-pyrrole nitrogens is 2. The Labute approximate surface area is 437 Å². The van der Waals surface area contributed by atoms with Crippen molar-refractivity contribution in [2.45, 2.75) is 37.0 Å². The number of hydrogen-bond donors (Lipinski definition) is 8. The molecule has 0 fully saturated rings. The number of nitriles is 1. The van der Waals surface area contributed by atoms with E-state index in [-0.39, 0.29) is 94.0 Å². The van der Waals surface area contributed by atoms with Gasteiger partial charge in [-0.2, -0.15) is 68.9 Å². The zero-order valence-electron chi connectivity index (χ0n) is 40.0. The first-order chi connectivity index (χ1) is 36.8. The molecule has 0 bridgehead atoms. The number of aromatic amines is 2. The van der Waals surface area contributed by atoms with Crippen molar-refractivity contribution in [1.82, 2.24) is 79.2 Å². The third-order valence-corrected chi connectivity index (χ3v) is 13.0. The smallest absolute Gasteiger partial charge is 0.351 e. The number of rotatable bonds is 22. The van der Waals surface area contributed by atoms with Crippen LogP contribution in [-0.2, 0) is 29.5 Å². The van der Waals surface area contributed by atoms with Crippen LogP contribution in [0.2, 0.25) is 0 Å². The van der Waals surface area contributed by atoms with Gasteiger partial charge in [0.2, 0.25) is 16.0 Å². The van der Waals surface area contributed by atoms with E-state index >= 15 is 0 Å². The molecular weight excluding hydrogens is 1070 g/mol. The monoisotopic (exact) mass is 1110 g/mol. The summed E-state index contributed by atoms with van der Waals surface area (Å²) in [6, 6.07) is 14.4. The number of nitrogens with one attached hydrogen (secondary N) is 5. The lowest BCUT2D eigenvalue weighted by Crippen LogP contribution is -2.27. The largest absolute Gasteiger partial charge is 0.382 e. The molecule has 34 nitrogen and oxygen atoms in total. The standard InChI is InChI=1S/C40H39N25O9S3/c1-21-30(32(42)64(60-21)37-50-23(3)51-39(66)54-37)56-58-34-24(18-41)19-46-62(34)25-6-10-27(11-7-25)75-74-73-48-14-5-15-49-77(71,72)28-12-8-26(9-13-28)63-35(29(44-4)20-47-63)59-57-31-22(2)61-65(33(31)43)38-52-36(53-40(67)55-38)45-16-17-76(68,69)70/h6-13,19-20,48-49H,5,14-17,42-43H2,1-3H3,(H,68,69,70)(H,50,51,54,66)(H2,45,52,53,55,67). The molecular formula is C40H39N25O9S3. The van der Waals surface area contributed by atoms with Gasteiger partial charge >= 0.3 is 11.4 Å². The van der Waals surface area contributed by atoms with Crippen molar-refractivity contribution in [2.24, 2.45) is 20.5 Å². The SMILES string of the molecule is [C-]#[N+]c1cnn(-c2ccc(S(=O)(=O)NCCCNOOSc3ccc(-n4ncc(C#N)c4N=Nc4c(C)nn(-c5nc(C)[nH]c(=O)n5)c4N)cc3)cc2)c1N=Nc1c(C)nn(-c2nc(NCCS(=O)(=O)O)[nH]c(=O)n2)c1N. The molecule has 6 aromatic heterocycles. The number of nitrogens with zero attached hydrogens (tertiary/aromatic N) is 18. The summed E-state index contributed by atoms with van der Waals surface area (Å²) in [7, 11) is -8.27. The van der Waals surface area contributed by atoms with Crippen molar-refractivity contribution in [1.29, 1.82) is 5.26 Å². The van der Waals surface area contributed by atoms with Gasteiger partial charge in [0.1, 0.15) is 17.5 Å². The predicted molar refractivity (Wildman–Crippen MR) is 270 cm³/mol. The van der Waals surface area contributed by atoms with Crippen molar-refractivity contribution in [3.05, 3.63) is 116 Å². The molecule has 0 amide bonds. The van der Waals surface area contributed by atoms with Crippen LogP contribution >= 0.6 is 12.0 Å². The molecule has 0 aliphatic carbocycles. The highest BCUT2D eigenvalue weighted by Gasteiger charge is 2.22. The van der Waals surface area contributed by atoms with Gasteiger partial charge in [-0.25, -0.2) is 36.9 Å². The molecule has 6 heterocycles. The molecule has 10 N–H and O–H groups in total. The van der Waals surface area contributed by atoms with Crippen LogP contribution in [-0.4, -0.2) is 116 Å². The summed E-state index contributed by atoms with van der Waals surface area (Å²) < 4.78 is 69.9. The topological polar surface area (TPSA) is 461 Å². The van der Waals surface area contributed by atoms with Crippen LogP contribution in [0.25, 0.3) is 28.1 Å². The van der Waals surface area contributed by atoms with E-state index in [1.54, 1.807) is 38.1 Å². The van der Waals surface area contributed by atoms with Gasteiger partial charge in [0.05, 0.1) is 64.4 Å². The maximum Gasteiger partial charge on any atom is 0.351 e. The summed E-state index contributed by atoms with van der Waals surface area (Å²) >= 11 is 0.877. The number of nitrogens with two attached hydrogens (primary N) is 2. The van der Waals surface area contributed by atoms with Crippen molar-refractivity contribution in [3.8, 4) is 29.3 Å². The van der Waals surface area contributed by atoms with E-state index in [2.05, 4.69) is 91.1 Å². The first kappa shape index (κ1) is 53.8. The summed E-state index contributed by atoms with van der Waals surface area (Å²) in [6.07, 6.45) is 2.87. The number of sulfonamides is 1. The number of aryl methyl sites for hydroxylation is 3. The average molecular weight is 1110 g/mol. The number of hydrogen-bond acceptors (Lipinski definition) is 26. The molecule has 0 saturated heterocycles. The van der Waals surface area contributed by atoms with Crippen LogP contribution < -0.4 is 38.4 Å². The summed E-state index contributed by atoms with van der Waals surface area (Å²) in [5, 5.41) is 46.3. The second-order valence-corrected chi connectivity index (χ2v) is 19.7. The van der Waals surface area contributed by atoms with Gasteiger partial charge in [-0.15, -0.1) is 29.8 Å². The zero-order chi connectivity index (χ0) is 55.0. The number of aromatic nitrogens is 14. The highest BCUT2D eigenvalue weighted by Crippen LogP contribution is 2.36. The lowest BCUT2D eigenvalue weighted by Gasteiger charge is -2.09. The number of hydroxylamine groups is 1. The third kappa shape index (κ3) is 12.7. The molecule has 0 spiro atoms. The van der Waals surface area contributed by atoms with E-state index in [4.69, 9.17) is 31.9 Å². The summed E-state index contributed by atoms with van der Waals surface area (Å²) in [4.78, 5) is 53.7. The first-order valence-corrected chi connectivity index (χ1v) is 25.7. The van der Waals surface area contributed by atoms with E-state index < -0.39 is 37.3 Å². The molecule has 0 unspecified atom stereocenters. The quantitative estimate of drug-likeness (QED) is 0.00919. The lowest BCUT2D eigenvalue weighted by molar-refractivity contribution is -0.244. The van der Waals surface area contributed by atoms with Gasteiger partial charge in [0.15, 0.2) is 34.6 Å². The minimum Gasteiger partial charge on any atom is -0.382 e. The minimum atomic E-state index is -4.29. The Balaban J connectivity index is 0.810. The summed E-state index contributed by atoms with van der Waals surface area (Å²) in [5.41, 5.74) is 15.4. The molecule has 0 saturated carbocycles. The molecule has 2 aromatic carbocycles. The Morgan fingerprint density at radius 1 is 0.779 bits per heavy atom.